The molecule has 1 saturated heterocycles. The second-order valence-corrected chi connectivity index (χ2v) is 5.78. The van der Waals surface area contributed by atoms with Crippen molar-refractivity contribution in [2.75, 3.05) is 19.6 Å². The number of nitrogens with one attached hydrogen (secondary N) is 1. The third-order valence-corrected chi connectivity index (χ3v) is 3.91. The molecule has 6 heteroatoms. The number of hydrogen-bond donors (Lipinski definition) is 1. The molecule has 1 aliphatic heterocycles. The molecule has 2 heterocycles. The van der Waals surface area contributed by atoms with Gasteiger partial charge in [-0.05, 0) is 26.2 Å². The Bertz CT molecular complexity index is 515. The van der Waals surface area contributed by atoms with Crippen LogP contribution in [0.2, 0.25) is 0 Å². The molecule has 1 unspecified atom stereocenters. The van der Waals surface area contributed by atoms with Crippen LogP contribution in [0.15, 0.2) is 12.4 Å². The summed E-state index contributed by atoms with van der Waals surface area (Å²) in [5.74, 6) is -0.201. The largest absolute Gasteiger partial charge is 0.356 e. The van der Waals surface area contributed by atoms with Crippen molar-refractivity contribution in [1.29, 1.82) is 0 Å². The van der Waals surface area contributed by atoms with Crippen molar-refractivity contribution in [2.24, 2.45) is 5.92 Å². The fourth-order valence-corrected chi connectivity index (χ4v) is 2.57. The summed E-state index contributed by atoms with van der Waals surface area (Å²) in [4.78, 5) is 34.5. The Morgan fingerprint density at radius 2 is 2.18 bits per heavy atom. The van der Waals surface area contributed by atoms with E-state index in [0.29, 0.717) is 25.3 Å². The molecule has 0 aromatic carbocycles. The average Bonchev–Trinajstić information content (AvgIpc) is 2.55. The van der Waals surface area contributed by atoms with Gasteiger partial charge in [-0.3, -0.25) is 14.6 Å². The van der Waals surface area contributed by atoms with E-state index in [1.54, 1.807) is 11.1 Å². The van der Waals surface area contributed by atoms with Gasteiger partial charge in [-0.25, -0.2) is 4.98 Å². The molecule has 1 aromatic rings. The molecule has 1 aromatic heterocycles. The zero-order chi connectivity index (χ0) is 15.9. The van der Waals surface area contributed by atoms with Gasteiger partial charge in [0.05, 0.1) is 17.8 Å². The Morgan fingerprint density at radius 3 is 2.86 bits per heavy atom. The van der Waals surface area contributed by atoms with Crippen LogP contribution in [-0.2, 0) is 4.79 Å². The number of carbonyl (C=O) groups excluding carboxylic acids is 2. The van der Waals surface area contributed by atoms with Gasteiger partial charge in [0.2, 0.25) is 5.91 Å². The van der Waals surface area contributed by atoms with E-state index in [1.165, 1.54) is 6.20 Å². The maximum absolute atomic E-state index is 12.4. The third-order valence-electron chi connectivity index (χ3n) is 3.91. The zero-order valence-corrected chi connectivity index (χ0v) is 13.3. The van der Waals surface area contributed by atoms with E-state index < -0.39 is 0 Å². The quantitative estimate of drug-likeness (QED) is 0.838. The van der Waals surface area contributed by atoms with E-state index in [-0.39, 0.29) is 17.7 Å². The number of carbonyl (C=O) groups is 2. The highest BCUT2D eigenvalue weighted by atomic mass is 16.2. The molecule has 2 rings (SSSR count). The molecule has 6 nitrogen and oxygen atoms in total. The fourth-order valence-electron chi connectivity index (χ4n) is 2.57. The van der Waals surface area contributed by atoms with Crippen LogP contribution in [0.25, 0.3) is 0 Å². The first kappa shape index (κ1) is 16.4. The highest BCUT2D eigenvalue weighted by molar-refractivity contribution is 5.92. The van der Waals surface area contributed by atoms with Gasteiger partial charge in [0.25, 0.3) is 5.91 Å². The van der Waals surface area contributed by atoms with Crippen molar-refractivity contribution in [1.82, 2.24) is 20.2 Å². The van der Waals surface area contributed by atoms with E-state index in [1.807, 2.05) is 6.92 Å². The Morgan fingerprint density at radius 1 is 1.36 bits per heavy atom. The van der Waals surface area contributed by atoms with Crippen LogP contribution in [0.1, 0.15) is 48.8 Å². The van der Waals surface area contributed by atoms with Gasteiger partial charge in [0.15, 0.2) is 0 Å². The highest BCUT2D eigenvalue weighted by Gasteiger charge is 2.29. The van der Waals surface area contributed by atoms with Crippen LogP contribution in [0.5, 0.6) is 0 Å². The molecule has 22 heavy (non-hydrogen) atoms. The van der Waals surface area contributed by atoms with Gasteiger partial charge >= 0.3 is 0 Å². The molecule has 1 fully saturated rings. The van der Waals surface area contributed by atoms with Gasteiger partial charge in [-0.15, -0.1) is 0 Å². The molecule has 2 amide bonds. The number of rotatable bonds is 5. The van der Waals surface area contributed by atoms with E-state index in [4.69, 9.17) is 0 Å². The molecule has 0 bridgehead atoms. The second-order valence-electron chi connectivity index (χ2n) is 5.78. The normalized spacial score (nSPS) is 18.1. The Hall–Kier alpha value is -1.98. The molecule has 1 N–H and O–H groups in total. The number of piperidine rings is 1. The minimum atomic E-state index is -0.140. The average molecular weight is 304 g/mol. The number of aryl methyl sites for hydroxylation is 1. The van der Waals surface area contributed by atoms with Gasteiger partial charge in [-0.2, -0.15) is 0 Å². The van der Waals surface area contributed by atoms with E-state index in [9.17, 15) is 9.59 Å². The van der Waals surface area contributed by atoms with Crippen LogP contribution in [0.4, 0.5) is 0 Å². The summed E-state index contributed by atoms with van der Waals surface area (Å²) in [5, 5.41) is 2.96. The second kappa shape index (κ2) is 7.87. The number of hydrogen-bond acceptors (Lipinski definition) is 4. The summed E-state index contributed by atoms with van der Waals surface area (Å²) >= 11 is 0. The fraction of sp³-hybridized carbons (Fsp3) is 0.625. The first-order valence-corrected chi connectivity index (χ1v) is 7.97. The van der Waals surface area contributed by atoms with Crippen molar-refractivity contribution in [3.8, 4) is 0 Å². The number of amides is 2. The van der Waals surface area contributed by atoms with E-state index >= 15 is 0 Å². The standard InChI is InChI=1S/C16H24N4O2/c1-3-4-7-17-15(21)13-6-5-8-20(11-13)16(22)14-10-18-12(2)9-19-14/h9-10,13H,3-8,11H2,1-2H3,(H,17,21). The van der Waals surface area contributed by atoms with Gasteiger partial charge < -0.3 is 10.2 Å². The molecule has 0 saturated carbocycles. The lowest BCUT2D eigenvalue weighted by atomic mass is 9.97. The lowest BCUT2D eigenvalue weighted by molar-refractivity contribution is -0.126. The number of nitrogens with zero attached hydrogens (tertiary/aromatic N) is 3. The molecule has 1 atom stereocenters. The van der Waals surface area contributed by atoms with E-state index in [2.05, 4.69) is 22.2 Å². The van der Waals surface area contributed by atoms with Crippen LogP contribution >= 0.6 is 0 Å². The van der Waals surface area contributed by atoms with Crippen molar-refractivity contribution >= 4 is 11.8 Å². The SMILES string of the molecule is CCCCNC(=O)C1CCCN(C(=O)c2cnc(C)cn2)C1. The van der Waals surface area contributed by atoms with Gasteiger partial charge in [-0.1, -0.05) is 13.3 Å². The molecular formula is C16H24N4O2. The Balaban J connectivity index is 1.93. The molecule has 0 radical (unpaired) electrons. The van der Waals surface area contributed by atoms with Gasteiger partial charge in [0.1, 0.15) is 5.69 Å². The molecule has 120 valence electrons. The summed E-state index contributed by atoms with van der Waals surface area (Å²) in [6.07, 6.45) is 6.81. The van der Waals surface area contributed by atoms with Crippen LogP contribution < -0.4 is 5.32 Å². The van der Waals surface area contributed by atoms with Gasteiger partial charge in [0, 0.05) is 25.8 Å². The molecule has 0 aliphatic carbocycles. The maximum Gasteiger partial charge on any atom is 0.274 e. The Labute approximate surface area is 131 Å². The number of aromatic nitrogens is 2. The van der Waals surface area contributed by atoms with Crippen LogP contribution in [0, 0.1) is 12.8 Å². The predicted molar refractivity (Wildman–Crippen MR) is 83.3 cm³/mol. The van der Waals surface area contributed by atoms with Crippen LogP contribution in [0.3, 0.4) is 0 Å². The predicted octanol–water partition coefficient (Wildman–Crippen LogP) is 1.55. The topological polar surface area (TPSA) is 75.2 Å². The smallest absolute Gasteiger partial charge is 0.274 e. The van der Waals surface area contributed by atoms with Crippen molar-refractivity contribution < 1.29 is 9.59 Å². The van der Waals surface area contributed by atoms with E-state index in [0.717, 1.165) is 31.4 Å². The minimum Gasteiger partial charge on any atom is -0.356 e. The highest BCUT2D eigenvalue weighted by Crippen LogP contribution is 2.18. The number of likely N-dealkylation sites (tertiary alicyclic amines) is 1. The Kier molecular flexibility index (Phi) is 5.86. The lowest BCUT2D eigenvalue weighted by Gasteiger charge is -2.31. The minimum absolute atomic E-state index is 0.0564. The summed E-state index contributed by atoms with van der Waals surface area (Å²) in [7, 11) is 0. The summed E-state index contributed by atoms with van der Waals surface area (Å²) in [6, 6.07) is 0. The third kappa shape index (κ3) is 4.26. The summed E-state index contributed by atoms with van der Waals surface area (Å²) in [6.45, 7) is 5.78. The summed E-state index contributed by atoms with van der Waals surface area (Å²) < 4.78 is 0. The zero-order valence-electron chi connectivity index (χ0n) is 13.3. The number of unbranched alkanes of at least 4 members (excludes halogenated alkanes) is 1. The molecular weight excluding hydrogens is 280 g/mol. The van der Waals surface area contributed by atoms with Crippen LogP contribution in [-0.4, -0.2) is 46.3 Å². The maximum atomic E-state index is 12.4. The summed E-state index contributed by atoms with van der Waals surface area (Å²) in [5.41, 5.74) is 1.13. The first-order valence-electron chi connectivity index (χ1n) is 7.97. The first-order chi connectivity index (χ1) is 10.6. The van der Waals surface area contributed by atoms with Crippen molar-refractivity contribution in [3.05, 3.63) is 23.8 Å². The molecule has 1 aliphatic rings. The monoisotopic (exact) mass is 304 g/mol. The molecule has 0 spiro atoms. The van der Waals surface area contributed by atoms with Crippen molar-refractivity contribution in [2.45, 2.75) is 39.5 Å². The van der Waals surface area contributed by atoms with Crippen molar-refractivity contribution in [3.63, 3.8) is 0 Å². The lowest BCUT2D eigenvalue weighted by Crippen LogP contribution is -2.45.